The van der Waals surface area contributed by atoms with E-state index in [4.69, 9.17) is 19.2 Å². The monoisotopic (exact) mass is 464 g/mol. The number of H-pyrrole nitrogens is 1. The van der Waals surface area contributed by atoms with Crippen LogP contribution in [0.25, 0.3) is 11.0 Å². The number of hydrogen-bond acceptors (Lipinski definition) is 6. The molecule has 2 aliphatic heterocycles. The van der Waals surface area contributed by atoms with Gasteiger partial charge in [0, 0.05) is 23.7 Å². The van der Waals surface area contributed by atoms with Gasteiger partial charge >= 0.3 is 0 Å². The van der Waals surface area contributed by atoms with Crippen LogP contribution in [0.2, 0.25) is 0 Å². The third kappa shape index (κ3) is 4.30. The van der Waals surface area contributed by atoms with Gasteiger partial charge in [-0.1, -0.05) is 18.6 Å². The Kier molecular flexibility index (Phi) is 6.32. The molecular weight excluding hydrogens is 432 g/mol. The van der Waals surface area contributed by atoms with E-state index in [1.807, 2.05) is 18.2 Å². The standard InChI is InChI=1S/C26H32N4O4/c1-32-22-11-16(12-23(33-2)25(22)34-3)26(31)27-17-13-18-7-6-8-19(14-17)30(18)15-24-28-20-9-4-5-10-21(20)29-24/h4-5,9-12,17-19H,6-8,13-15H2,1-3H3,(H,27,31)(H,28,29)/t17?,18-,19+. The Morgan fingerprint density at radius 2 is 1.74 bits per heavy atom. The van der Waals surface area contributed by atoms with Gasteiger partial charge in [-0.15, -0.1) is 0 Å². The zero-order chi connectivity index (χ0) is 23.7. The van der Waals surface area contributed by atoms with Crippen LogP contribution >= 0.6 is 0 Å². The predicted octanol–water partition coefficient (Wildman–Crippen LogP) is 3.90. The summed E-state index contributed by atoms with van der Waals surface area (Å²) >= 11 is 0. The normalized spacial score (nSPS) is 22.4. The SMILES string of the molecule is COc1cc(C(=O)NC2C[C@H]3CCC[C@@H](C2)N3Cc2nc3ccccc3[nH]2)cc(OC)c1OC. The number of methoxy groups -OCH3 is 3. The first-order valence-corrected chi connectivity index (χ1v) is 11.9. The first-order chi connectivity index (χ1) is 16.6. The number of para-hydroxylation sites is 2. The number of amides is 1. The second-order valence-electron chi connectivity index (χ2n) is 9.17. The maximum atomic E-state index is 13.1. The fourth-order valence-corrected chi connectivity index (χ4v) is 5.59. The molecule has 1 unspecified atom stereocenters. The Balaban J connectivity index is 1.28. The average molecular weight is 465 g/mol. The first-order valence-electron chi connectivity index (χ1n) is 11.9. The van der Waals surface area contributed by atoms with E-state index in [1.54, 1.807) is 33.5 Å². The summed E-state index contributed by atoms with van der Waals surface area (Å²) in [5, 5.41) is 3.27. The molecule has 8 nitrogen and oxygen atoms in total. The number of hydrogen-bond donors (Lipinski definition) is 2. The van der Waals surface area contributed by atoms with Crippen LogP contribution in [0, 0.1) is 0 Å². The molecule has 5 rings (SSSR count). The third-order valence-corrected chi connectivity index (χ3v) is 7.16. The van der Waals surface area contributed by atoms with Crippen molar-refractivity contribution in [2.75, 3.05) is 21.3 Å². The highest BCUT2D eigenvalue weighted by Crippen LogP contribution is 2.39. The van der Waals surface area contributed by atoms with E-state index in [-0.39, 0.29) is 11.9 Å². The van der Waals surface area contributed by atoms with Gasteiger partial charge in [-0.05, 0) is 49.9 Å². The van der Waals surface area contributed by atoms with Crippen LogP contribution in [0.15, 0.2) is 36.4 Å². The van der Waals surface area contributed by atoms with Crippen LogP contribution in [0.3, 0.4) is 0 Å². The topological polar surface area (TPSA) is 88.7 Å². The molecule has 1 amide bonds. The van der Waals surface area contributed by atoms with Crippen molar-refractivity contribution in [1.29, 1.82) is 0 Å². The number of nitrogens with one attached hydrogen (secondary N) is 2. The van der Waals surface area contributed by atoms with Gasteiger partial charge in [0.1, 0.15) is 5.82 Å². The number of nitrogens with zero attached hydrogens (tertiary/aromatic N) is 2. The molecule has 2 aromatic carbocycles. The largest absolute Gasteiger partial charge is 0.493 e. The molecule has 2 saturated heterocycles. The van der Waals surface area contributed by atoms with Crippen molar-refractivity contribution < 1.29 is 19.0 Å². The number of ether oxygens (including phenoxy) is 3. The van der Waals surface area contributed by atoms with Crippen LogP contribution in [0.4, 0.5) is 0 Å². The Labute approximate surface area is 199 Å². The Morgan fingerprint density at radius 1 is 1.06 bits per heavy atom. The van der Waals surface area contributed by atoms with E-state index in [0.717, 1.165) is 49.1 Å². The number of fused-ring (bicyclic) bond motifs is 3. The molecule has 2 bridgehead atoms. The molecular formula is C26H32N4O4. The summed E-state index contributed by atoms with van der Waals surface area (Å²) in [7, 11) is 4.66. The van der Waals surface area contributed by atoms with Gasteiger partial charge in [0.05, 0.1) is 38.9 Å². The number of benzene rings is 2. The van der Waals surface area contributed by atoms with Gasteiger partial charge in [-0.3, -0.25) is 9.69 Å². The highest BCUT2D eigenvalue weighted by atomic mass is 16.5. The molecule has 0 radical (unpaired) electrons. The van der Waals surface area contributed by atoms with Gasteiger partial charge in [-0.25, -0.2) is 4.98 Å². The quantitative estimate of drug-likeness (QED) is 0.551. The molecule has 3 aromatic rings. The number of aromatic amines is 1. The second-order valence-corrected chi connectivity index (χ2v) is 9.17. The van der Waals surface area contributed by atoms with Crippen LogP contribution < -0.4 is 19.5 Å². The number of piperidine rings is 2. The Hall–Kier alpha value is -3.26. The smallest absolute Gasteiger partial charge is 0.251 e. The highest BCUT2D eigenvalue weighted by molar-refractivity contribution is 5.95. The van der Waals surface area contributed by atoms with Crippen molar-refractivity contribution in [3.05, 3.63) is 47.8 Å². The van der Waals surface area contributed by atoms with Crippen LogP contribution in [-0.2, 0) is 6.54 Å². The molecule has 2 N–H and O–H groups in total. The number of rotatable bonds is 7. The molecule has 1 aromatic heterocycles. The summed E-state index contributed by atoms with van der Waals surface area (Å²) in [4.78, 5) is 24.0. The van der Waals surface area contributed by atoms with E-state index in [9.17, 15) is 4.79 Å². The fraction of sp³-hybridized carbons (Fsp3) is 0.462. The van der Waals surface area contributed by atoms with Crippen LogP contribution in [0.5, 0.6) is 17.2 Å². The molecule has 34 heavy (non-hydrogen) atoms. The van der Waals surface area contributed by atoms with Crippen molar-refractivity contribution in [3.8, 4) is 17.2 Å². The average Bonchev–Trinajstić information content (AvgIpc) is 3.25. The van der Waals surface area contributed by atoms with E-state index in [1.165, 1.54) is 6.42 Å². The summed E-state index contributed by atoms with van der Waals surface area (Å²) in [5.74, 6) is 2.33. The molecule has 0 aliphatic carbocycles. The molecule has 0 spiro atoms. The Bertz CT molecular complexity index is 1100. The summed E-state index contributed by atoms with van der Waals surface area (Å²) in [6.45, 7) is 0.817. The molecule has 180 valence electrons. The summed E-state index contributed by atoms with van der Waals surface area (Å²) in [6.07, 6.45) is 5.40. The molecule has 2 fully saturated rings. The van der Waals surface area contributed by atoms with Gasteiger partial charge in [0.25, 0.3) is 5.91 Å². The lowest BCUT2D eigenvalue weighted by Gasteiger charge is -2.48. The van der Waals surface area contributed by atoms with Gasteiger partial charge in [0.2, 0.25) is 5.75 Å². The number of carbonyl (C=O) groups excluding carboxylic acids is 1. The van der Waals surface area contributed by atoms with E-state index >= 15 is 0 Å². The van der Waals surface area contributed by atoms with E-state index in [2.05, 4.69) is 21.3 Å². The minimum Gasteiger partial charge on any atom is -0.493 e. The lowest BCUT2D eigenvalue weighted by Crippen LogP contribution is -2.56. The lowest BCUT2D eigenvalue weighted by atomic mass is 9.81. The first kappa shape index (κ1) is 22.5. The summed E-state index contributed by atoms with van der Waals surface area (Å²) in [5.41, 5.74) is 2.59. The molecule has 3 heterocycles. The minimum atomic E-state index is -0.118. The predicted molar refractivity (Wildman–Crippen MR) is 130 cm³/mol. The number of aromatic nitrogens is 2. The van der Waals surface area contributed by atoms with Gasteiger partial charge < -0.3 is 24.5 Å². The molecule has 8 heteroatoms. The lowest BCUT2D eigenvalue weighted by molar-refractivity contribution is 0.0160. The third-order valence-electron chi connectivity index (χ3n) is 7.16. The summed E-state index contributed by atoms with van der Waals surface area (Å²) < 4.78 is 16.2. The zero-order valence-corrected chi connectivity index (χ0v) is 20.0. The maximum absolute atomic E-state index is 13.1. The zero-order valence-electron chi connectivity index (χ0n) is 20.0. The minimum absolute atomic E-state index is 0.118. The second kappa shape index (κ2) is 9.54. The Morgan fingerprint density at radius 3 is 2.35 bits per heavy atom. The molecule has 2 aliphatic rings. The fourth-order valence-electron chi connectivity index (χ4n) is 5.59. The number of carbonyl (C=O) groups is 1. The van der Waals surface area contributed by atoms with Crippen LogP contribution in [0.1, 0.15) is 48.3 Å². The maximum Gasteiger partial charge on any atom is 0.251 e. The van der Waals surface area contributed by atoms with Crippen molar-refractivity contribution in [2.45, 2.75) is 56.8 Å². The van der Waals surface area contributed by atoms with Gasteiger partial charge in [-0.2, -0.15) is 0 Å². The van der Waals surface area contributed by atoms with Crippen molar-refractivity contribution >= 4 is 16.9 Å². The van der Waals surface area contributed by atoms with Crippen molar-refractivity contribution in [2.24, 2.45) is 0 Å². The van der Waals surface area contributed by atoms with Gasteiger partial charge in [0.15, 0.2) is 11.5 Å². The number of imidazole rings is 1. The van der Waals surface area contributed by atoms with E-state index in [0.29, 0.717) is 34.9 Å². The summed E-state index contributed by atoms with van der Waals surface area (Å²) in [6, 6.07) is 12.6. The molecule has 0 saturated carbocycles. The van der Waals surface area contributed by atoms with E-state index < -0.39 is 0 Å². The van der Waals surface area contributed by atoms with Crippen molar-refractivity contribution in [3.63, 3.8) is 0 Å². The highest BCUT2D eigenvalue weighted by Gasteiger charge is 2.39. The van der Waals surface area contributed by atoms with Crippen molar-refractivity contribution in [1.82, 2.24) is 20.2 Å². The van der Waals surface area contributed by atoms with Crippen LogP contribution in [-0.4, -0.2) is 60.2 Å². The molecule has 3 atom stereocenters.